The van der Waals surface area contributed by atoms with Crippen LogP contribution in [0.1, 0.15) is 0 Å². The van der Waals surface area contributed by atoms with Crippen molar-refractivity contribution >= 4 is 9.68 Å². The van der Waals surface area contributed by atoms with Crippen LogP contribution >= 0.6 is 0 Å². The van der Waals surface area contributed by atoms with Crippen molar-refractivity contribution in [3.05, 3.63) is 10.1 Å². The Bertz CT molecular complexity index is 94.2. The SMILES string of the molecule is N#C[SiH2][N+](=O)[O-]. The maximum atomic E-state index is 9.24. The van der Waals surface area contributed by atoms with Crippen LogP contribution in [-0.2, 0) is 0 Å². The number of nitro groups is 1. The molecule has 0 unspecified atom stereocenters. The van der Waals surface area contributed by atoms with E-state index in [4.69, 9.17) is 5.26 Å². The van der Waals surface area contributed by atoms with Crippen LogP contribution in [-0.4, -0.2) is 14.3 Å². The van der Waals surface area contributed by atoms with E-state index in [0.29, 0.717) is 0 Å². The Balaban J connectivity index is 3.13. The molecule has 0 aliphatic heterocycles. The fourth-order valence-electron chi connectivity index (χ4n) is 0.0577. The third-order valence-corrected chi connectivity index (χ3v) is 0.599. The van der Waals surface area contributed by atoms with Crippen LogP contribution in [0.3, 0.4) is 0 Å². The lowest BCUT2D eigenvalue weighted by atomic mass is 11.8. The average Bonchev–Trinajstić information content (AvgIpc) is 1.35. The summed E-state index contributed by atoms with van der Waals surface area (Å²) >= 11 is 0. The topological polar surface area (TPSA) is 66.9 Å². The van der Waals surface area contributed by atoms with E-state index in [2.05, 4.69) is 0 Å². The summed E-state index contributed by atoms with van der Waals surface area (Å²) in [6.07, 6.45) is 0. The Morgan fingerprint density at radius 3 is 2.50 bits per heavy atom. The molecule has 0 rings (SSSR count). The molecule has 0 heterocycles. The average molecular weight is 102 g/mol. The third-order valence-electron chi connectivity index (χ3n) is 0.200. The van der Waals surface area contributed by atoms with E-state index in [-0.39, 0.29) is 0 Å². The number of hydrogen-bond acceptors (Lipinski definition) is 3. The first-order valence-corrected chi connectivity index (χ1v) is 2.60. The monoisotopic (exact) mass is 102 g/mol. The minimum absolute atomic E-state index is 0.542. The second kappa shape index (κ2) is 2.35. The van der Waals surface area contributed by atoms with Crippen LogP contribution in [0.4, 0.5) is 0 Å². The molecule has 0 aromatic heterocycles. The van der Waals surface area contributed by atoms with Crippen LogP contribution in [0.5, 0.6) is 0 Å². The molecule has 0 fully saturated rings. The molecule has 4 nitrogen and oxygen atoms in total. The minimum Gasteiger partial charge on any atom is -0.289 e. The molecule has 0 amide bonds. The number of hydrogen-bond donors (Lipinski definition) is 0. The van der Waals surface area contributed by atoms with Crippen LogP contribution in [0, 0.1) is 21.1 Å². The van der Waals surface area contributed by atoms with Gasteiger partial charge in [0.15, 0.2) is 0 Å². The molecule has 0 aliphatic rings. The molecule has 0 saturated carbocycles. The molecule has 0 saturated heterocycles. The summed E-state index contributed by atoms with van der Waals surface area (Å²) in [6, 6.07) is 0. The molecule has 0 spiro atoms. The van der Waals surface area contributed by atoms with Gasteiger partial charge >= 0.3 is 9.68 Å². The van der Waals surface area contributed by atoms with Gasteiger partial charge in [0.25, 0.3) is 0 Å². The van der Waals surface area contributed by atoms with Crippen molar-refractivity contribution in [1.82, 2.24) is 0 Å². The first-order chi connectivity index (χ1) is 2.77. The number of rotatable bonds is 1. The van der Waals surface area contributed by atoms with Crippen molar-refractivity contribution in [1.29, 1.82) is 5.26 Å². The van der Waals surface area contributed by atoms with E-state index in [1.807, 2.05) is 0 Å². The smallest absolute Gasteiger partial charge is 0.289 e. The van der Waals surface area contributed by atoms with Crippen molar-refractivity contribution in [3.63, 3.8) is 0 Å². The number of nitrogens with zero attached hydrogens (tertiary/aromatic N) is 2. The van der Waals surface area contributed by atoms with Crippen LogP contribution < -0.4 is 0 Å². The highest BCUT2D eigenvalue weighted by molar-refractivity contribution is 6.35. The lowest BCUT2D eigenvalue weighted by Crippen LogP contribution is -2.00. The predicted octanol–water partition coefficient (Wildman–Crippen LogP) is -1.17. The van der Waals surface area contributed by atoms with E-state index in [1.165, 1.54) is 5.69 Å². The quantitative estimate of drug-likeness (QED) is 0.238. The Kier molecular flexibility index (Phi) is 2.00. The highest BCUT2D eigenvalue weighted by atomic mass is 28.2. The summed E-state index contributed by atoms with van der Waals surface area (Å²) in [7, 11) is -1.62. The van der Waals surface area contributed by atoms with Crippen molar-refractivity contribution in [2.75, 3.05) is 0 Å². The second-order valence-electron chi connectivity index (χ2n) is 0.649. The molecule has 0 N–H and O–H groups in total. The van der Waals surface area contributed by atoms with Gasteiger partial charge in [-0.05, 0) is 4.59 Å². The van der Waals surface area contributed by atoms with Gasteiger partial charge in [-0.15, -0.1) is 0 Å². The Morgan fingerprint density at radius 2 is 2.50 bits per heavy atom. The largest absolute Gasteiger partial charge is 0.502 e. The minimum atomic E-state index is -1.62. The maximum absolute atomic E-state index is 9.24. The van der Waals surface area contributed by atoms with Gasteiger partial charge in [0.05, 0.1) is 0 Å². The van der Waals surface area contributed by atoms with Crippen molar-refractivity contribution < 1.29 is 4.59 Å². The normalized spacial score (nSPS) is 8.50. The van der Waals surface area contributed by atoms with Crippen LogP contribution in [0.15, 0.2) is 0 Å². The van der Waals surface area contributed by atoms with Gasteiger partial charge in [0, 0.05) is 0 Å². The first kappa shape index (κ1) is 5.11. The standard InChI is InChI=1S/CH2N2O2Si/c2-1-6-3(4)5/h6H2. The van der Waals surface area contributed by atoms with E-state index in [1.54, 1.807) is 0 Å². The van der Waals surface area contributed by atoms with E-state index >= 15 is 0 Å². The summed E-state index contributed by atoms with van der Waals surface area (Å²) in [6.45, 7) is 0. The van der Waals surface area contributed by atoms with Gasteiger partial charge < -0.3 is 0 Å². The van der Waals surface area contributed by atoms with Gasteiger partial charge in [-0.3, -0.25) is 10.1 Å². The summed E-state index contributed by atoms with van der Waals surface area (Å²) in [5, 5.41) is 16.9. The van der Waals surface area contributed by atoms with E-state index in [9.17, 15) is 10.1 Å². The Labute approximate surface area is 36.4 Å². The summed E-state index contributed by atoms with van der Waals surface area (Å²) in [4.78, 5) is 9.24. The number of nitriles is 1. The van der Waals surface area contributed by atoms with Gasteiger partial charge in [-0.25, -0.2) is 0 Å². The zero-order chi connectivity index (χ0) is 4.99. The molecule has 0 aromatic rings. The van der Waals surface area contributed by atoms with Gasteiger partial charge in [-0.2, -0.15) is 5.26 Å². The Morgan fingerprint density at radius 1 is 2.00 bits per heavy atom. The van der Waals surface area contributed by atoms with Crippen molar-refractivity contribution in [3.8, 4) is 5.69 Å². The third kappa shape index (κ3) is 3.11. The van der Waals surface area contributed by atoms with Gasteiger partial charge in [0.2, 0.25) is 0 Å². The predicted molar refractivity (Wildman–Crippen MR) is 21.2 cm³/mol. The first-order valence-electron chi connectivity index (χ1n) is 1.26. The highest BCUT2D eigenvalue weighted by Gasteiger charge is 1.90. The molecule has 0 aromatic carbocycles. The molecular formula is CH2N2O2Si. The fourth-order valence-corrected chi connectivity index (χ4v) is 0.173. The molecule has 6 heavy (non-hydrogen) atoms. The van der Waals surface area contributed by atoms with E-state index in [0.717, 1.165) is 0 Å². The fraction of sp³-hybridized carbons (Fsp3) is 0. The Hall–Kier alpha value is -0.893. The molecule has 0 aliphatic carbocycles. The molecule has 5 heteroatoms. The van der Waals surface area contributed by atoms with Gasteiger partial charge in [0.1, 0.15) is 5.69 Å². The summed E-state index contributed by atoms with van der Waals surface area (Å²) in [5.74, 6) is 0. The van der Waals surface area contributed by atoms with Crippen molar-refractivity contribution in [2.45, 2.75) is 0 Å². The molecule has 0 atom stereocenters. The summed E-state index contributed by atoms with van der Waals surface area (Å²) in [5.41, 5.74) is 1.51. The molecular weight excluding hydrogens is 100 g/mol. The zero-order valence-corrected chi connectivity index (χ0v) is 4.33. The van der Waals surface area contributed by atoms with Crippen molar-refractivity contribution in [2.24, 2.45) is 0 Å². The summed E-state index contributed by atoms with van der Waals surface area (Å²) < 4.78 is -0.542. The van der Waals surface area contributed by atoms with Crippen LogP contribution in [0.2, 0.25) is 0 Å². The van der Waals surface area contributed by atoms with Crippen LogP contribution in [0.25, 0.3) is 0 Å². The van der Waals surface area contributed by atoms with Gasteiger partial charge in [-0.1, -0.05) is 0 Å². The second-order valence-corrected chi connectivity index (χ2v) is 1.80. The highest BCUT2D eigenvalue weighted by Crippen LogP contribution is 1.53. The molecule has 0 radical (unpaired) electrons. The molecule has 0 bridgehead atoms. The lowest BCUT2D eigenvalue weighted by molar-refractivity contribution is -0.318. The zero-order valence-electron chi connectivity index (χ0n) is 2.92. The maximum Gasteiger partial charge on any atom is 0.502 e. The molecule has 32 valence electrons. The van der Waals surface area contributed by atoms with E-state index < -0.39 is 14.3 Å². The lowest BCUT2D eigenvalue weighted by Gasteiger charge is -1.72.